The predicted molar refractivity (Wildman–Crippen MR) is 79.1 cm³/mol. The minimum atomic E-state index is 0.244. The second-order valence-corrected chi connectivity index (χ2v) is 4.81. The first kappa shape index (κ1) is 16.2. The Labute approximate surface area is 120 Å². The van der Waals surface area contributed by atoms with Crippen molar-refractivity contribution in [1.82, 2.24) is 4.98 Å². The molecule has 0 spiro atoms. The van der Waals surface area contributed by atoms with E-state index in [9.17, 15) is 0 Å². The fourth-order valence-electron chi connectivity index (χ4n) is 1.96. The van der Waals surface area contributed by atoms with Gasteiger partial charge in [0.1, 0.15) is 5.82 Å². The molecule has 0 fully saturated rings. The smallest absolute Gasteiger partial charge is 0.129 e. The van der Waals surface area contributed by atoms with Crippen LogP contribution >= 0.6 is 11.6 Å². The van der Waals surface area contributed by atoms with Crippen molar-refractivity contribution in [3.05, 3.63) is 23.4 Å². The van der Waals surface area contributed by atoms with E-state index in [4.69, 9.17) is 21.1 Å². The molecule has 108 valence electrons. The first-order valence-corrected chi connectivity index (χ1v) is 6.94. The number of halogens is 1. The van der Waals surface area contributed by atoms with Gasteiger partial charge in [0.2, 0.25) is 0 Å². The van der Waals surface area contributed by atoms with Gasteiger partial charge in [-0.15, -0.1) is 11.6 Å². The molecule has 1 aromatic rings. The topological polar surface area (TPSA) is 34.6 Å². The Kier molecular flexibility index (Phi) is 7.13. The molecule has 0 saturated heterocycles. The maximum absolute atomic E-state index is 5.87. The molecule has 0 amide bonds. The van der Waals surface area contributed by atoms with Gasteiger partial charge in [-0.2, -0.15) is 0 Å². The highest BCUT2D eigenvalue weighted by Crippen LogP contribution is 2.18. The van der Waals surface area contributed by atoms with Crippen molar-refractivity contribution < 1.29 is 9.47 Å². The van der Waals surface area contributed by atoms with E-state index in [1.54, 1.807) is 14.2 Å². The summed E-state index contributed by atoms with van der Waals surface area (Å²) in [5.74, 6) is 1.43. The summed E-state index contributed by atoms with van der Waals surface area (Å²) in [6.45, 7) is 6.20. The van der Waals surface area contributed by atoms with Crippen molar-refractivity contribution in [2.24, 2.45) is 0 Å². The van der Waals surface area contributed by atoms with Gasteiger partial charge in [-0.1, -0.05) is 6.07 Å². The third kappa shape index (κ3) is 4.64. The van der Waals surface area contributed by atoms with Gasteiger partial charge in [0.05, 0.1) is 19.3 Å². The summed E-state index contributed by atoms with van der Waals surface area (Å²) in [6, 6.07) is 4.28. The van der Waals surface area contributed by atoms with Crippen molar-refractivity contribution in [1.29, 1.82) is 0 Å². The fourth-order valence-corrected chi connectivity index (χ4v) is 2.24. The number of nitrogens with zero attached hydrogens (tertiary/aromatic N) is 2. The van der Waals surface area contributed by atoms with Gasteiger partial charge in [-0.3, -0.25) is 0 Å². The molecule has 0 radical (unpaired) electrons. The number of alkyl halides is 1. The Morgan fingerprint density at radius 3 is 2.58 bits per heavy atom. The monoisotopic (exact) mass is 286 g/mol. The van der Waals surface area contributed by atoms with Crippen molar-refractivity contribution in [2.75, 3.05) is 38.9 Å². The lowest BCUT2D eigenvalue weighted by atomic mass is 10.2. The molecule has 19 heavy (non-hydrogen) atoms. The van der Waals surface area contributed by atoms with E-state index in [-0.39, 0.29) is 6.04 Å². The summed E-state index contributed by atoms with van der Waals surface area (Å²) in [4.78, 5) is 6.82. The van der Waals surface area contributed by atoms with Gasteiger partial charge in [0, 0.05) is 32.3 Å². The minimum absolute atomic E-state index is 0.244. The zero-order valence-electron chi connectivity index (χ0n) is 12.1. The second kappa shape index (κ2) is 8.35. The molecule has 1 unspecified atom stereocenters. The van der Waals surface area contributed by atoms with Gasteiger partial charge >= 0.3 is 0 Å². The van der Waals surface area contributed by atoms with E-state index in [1.807, 2.05) is 19.1 Å². The Hall–Kier alpha value is -0.840. The van der Waals surface area contributed by atoms with Gasteiger partial charge in [0.15, 0.2) is 0 Å². The van der Waals surface area contributed by atoms with E-state index in [2.05, 4.69) is 16.8 Å². The molecule has 0 bridgehead atoms. The van der Waals surface area contributed by atoms with Crippen LogP contribution < -0.4 is 4.90 Å². The Morgan fingerprint density at radius 1 is 1.32 bits per heavy atom. The van der Waals surface area contributed by atoms with Crippen molar-refractivity contribution >= 4 is 17.4 Å². The molecule has 4 nitrogen and oxygen atoms in total. The van der Waals surface area contributed by atoms with Crippen LogP contribution in [0.1, 0.15) is 18.2 Å². The Bertz CT molecular complexity index is 388. The molecule has 1 atom stereocenters. The number of pyridine rings is 1. The molecule has 5 heteroatoms. The number of aromatic nitrogens is 1. The molecule has 0 saturated carbocycles. The number of aryl methyl sites for hydroxylation is 1. The van der Waals surface area contributed by atoms with Crippen LogP contribution in [0.5, 0.6) is 0 Å². The lowest BCUT2D eigenvalue weighted by Gasteiger charge is -2.30. The summed E-state index contributed by atoms with van der Waals surface area (Å²) in [5, 5.41) is 0. The van der Waals surface area contributed by atoms with Crippen LogP contribution in [0.2, 0.25) is 0 Å². The second-order valence-electron chi connectivity index (χ2n) is 4.54. The summed E-state index contributed by atoms with van der Waals surface area (Å²) in [5.41, 5.74) is 2.04. The lowest BCUT2D eigenvalue weighted by Crippen LogP contribution is -2.39. The van der Waals surface area contributed by atoms with E-state index >= 15 is 0 Å². The molecule has 0 aromatic carbocycles. The lowest BCUT2D eigenvalue weighted by molar-refractivity contribution is 0.170. The highest BCUT2D eigenvalue weighted by Gasteiger charge is 2.16. The van der Waals surface area contributed by atoms with Crippen LogP contribution in [0.25, 0.3) is 0 Å². The van der Waals surface area contributed by atoms with E-state index in [0.717, 1.165) is 23.6 Å². The summed E-state index contributed by atoms with van der Waals surface area (Å²) >= 11 is 5.87. The summed E-state index contributed by atoms with van der Waals surface area (Å²) < 4.78 is 10.4. The van der Waals surface area contributed by atoms with Crippen LogP contribution in [0.3, 0.4) is 0 Å². The number of methoxy groups -OCH3 is 2. The van der Waals surface area contributed by atoms with Gasteiger partial charge in [-0.25, -0.2) is 4.98 Å². The van der Waals surface area contributed by atoms with E-state index in [0.29, 0.717) is 19.1 Å². The zero-order chi connectivity index (χ0) is 14.3. The van der Waals surface area contributed by atoms with E-state index in [1.165, 1.54) is 0 Å². The van der Waals surface area contributed by atoms with Gasteiger partial charge < -0.3 is 14.4 Å². The van der Waals surface area contributed by atoms with Gasteiger partial charge in [-0.05, 0) is 25.5 Å². The molecule has 1 aromatic heterocycles. The molecular formula is C14H23ClN2O2. The average molecular weight is 287 g/mol. The quantitative estimate of drug-likeness (QED) is 0.688. The van der Waals surface area contributed by atoms with Crippen LogP contribution in [-0.4, -0.2) is 45.0 Å². The molecular weight excluding hydrogens is 264 g/mol. The zero-order valence-corrected chi connectivity index (χ0v) is 12.9. The number of rotatable bonds is 8. The Morgan fingerprint density at radius 2 is 2.05 bits per heavy atom. The van der Waals surface area contributed by atoms with E-state index < -0.39 is 0 Å². The highest BCUT2D eigenvalue weighted by molar-refractivity contribution is 6.17. The first-order valence-electron chi connectivity index (χ1n) is 6.41. The molecule has 0 N–H and O–H groups in total. The largest absolute Gasteiger partial charge is 0.383 e. The molecule has 1 heterocycles. The van der Waals surface area contributed by atoms with Crippen LogP contribution in [0.4, 0.5) is 5.82 Å². The van der Waals surface area contributed by atoms with Crippen LogP contribution in [0.15, 0.2) is 12.1 Å². The molecule has 0 aliphatic heterocycles. The summed E-state index contributed by atoms with van der Waals surface area (Å²) in [6.07, 6.45) is 0. The third-order valence-corrected chi connectivity index (χ3v) is 3.38. The van der Waals surface area contributed by atoms with Crippen molar-refractivity contribution in [3.63, 3.8) is 0 Å². The minimum Gasteiger partial charge on any atom is -0.383 e. The molecule has 0 aliphatic rings. The third-order valence-electron chi connectivity index (χ3n) is 3.10. The first-order chi connectivity index (χ1) is 9.13. The predicted octanol–water partition coefficient (Wildman–Crippen LogP) is 2.62. The maximum Gasteiger partial charge on any atom is 0.129 e. The number of ether oxygens (including phenoxy) is 2. The average Bonchev–Trinajstić information content (AvgIpc) is 2.39. The fraction of sp³-hybridized carbons (Fsp3) is 0.643. The normalized spacial score (nSPS) is 12.5. The van der Waals surface area contributed by atoms with Crippen molar-refractivity contribution in [2.45, 2.75) is 25.8 Å². The maximum atomic E-state index is 5.87. The number of hydrogen-bond donors (Lipinski definition) is 0. The standard InChI is InChI=1S/C14H23ClN2O2/c1-11(10-19-4)17(7-8-18-3)14-6-5-13(9-15)12(2)16-14/h5-6,11H,7-10H2,1-4H3. The van der Waals surface area contributed by atoms with Gasteiger partial charge in [0.25, 0.3) is 0 Å². The molecule has 1 rings (SSSR count). The highest BCUT2D eigenvalue weighted by atomic mass is 35.5. The molecule has 0 aliphatic carbocycles. The SMILES string of the molecule is COCCN(c1ccc(CCl)c(C)n1)C(C)COC. The summed E-state index contributed by atoms with van der Waals surface area (Å²) in [7, 11) is 3.41. The number of hydrogen-bond acceptors (Lipinski definition) is 4. The van der Waals surface area contributed by atoms with Crippen LogP contribution in [-0.2, 0) is 15.4 Å². The van der Waals surface area contributed by atoms with Crippen LogP contribution in [0, 0.1) is 6.92 Å². The number of anilines is 1. The Balaban J connectivity index is 2.92. The van der Waals surface area contributed by atoms with Crippen molar-refractivity contribution in [3.8, 4) is 0 Å².